The summed E-state index contributed by atoms with van der Waals surface area (Å²) in [7, 11) is 0. The van der Waals surface area contributed by atoms with E-state index in [4.69, 9.17) is 0 Å². The molecular formula is C19H26N6O. The van der Waals surface area contributed by atoms with Crippen molar-refractivity contribution in [3.05, 3.63) is 45.8 Å². The van der Waals surface area contributed by atoms with Crippen LogP contribution in [0.2, 0.25) is 0 Å². The van der Waals surface area contributed by atoms with E-state index in [1.807, 2.05) is 6.92 Å². The Morgan fingerprint density at radius 3 is 2.58 bits per heavy atom. The Bertz CT molecular complexity index is 825. The van der Waals surface area contributed by atoms with E-state index in [-0.39, 0.29) is 5.56 Å². The minimum atomic E-state index is 0.0412. The number of piperazine rings is 1. The molecule has 2 aromatic rings. The van der Waals surface area contributed by atoms with Crippen molar-refractivity contribution < 1.29 is 0 Å². The Balaban J connectivity index is 1.34. The molecule has 0 atom stereocenters. The van der Waals surface area contributed by atoms with Crippen LogP contribution in [0.3, 0.4) is 0 Å². The molecule has 26 heavy (non-hydrogen) atoms. The molecule has 0 saturated carbocycles. The second-order valence-corrected chi connectivity index (χ2v) is 7.18. The second-order valence-electron chi connectivity index (χ2n) is 7.18. The van der Waals surface area contributed by atoms with E-state index in [1.165, 1.54) is 12.8 Å². The van der Waals surface area contributed by atoms with Crippen molar-refractivity contribution in [2.45, 2.75) is 39.2 Å². The monoisotopic (exact) mass is 354 g/mol. The molecule has 0 N–H and O–H groups in total. The van der Waals surface area contributed by atoms with Gasteiger partial charge in [-0.15, -0.1) is 0 Å². The number of anilines is 1. The van der Waals surface area contributed by atoms with E-state index < -0.39 is 0 Å². The van der Waals surface area contributed by atoms with Crippen LogP contribution >= 0.6 is 0 Å². The summed E-state index contributed by atoms with van der Waals surface area (Å²) in [6.45, 7) is 7.33. The number of aryl methyl sites for hydroxylation is 3. The summed E-state index contributed by atoms with van der Waals surface area (Å²) >= 11 is 0. The predicted octanol–water partition coefficient (Wildman–Crippen LogP) is 1.04. The maximum atomic E-state index is 12.3. The Morgan fingerprint density at radius 2 is 1.77 bits per heavy atom. The molecule has 2 aromatic heterocycles. The van der Waals surface area contributed by atoms with Gasteiger partial charge >= 0.3 is 0 Å². The molecule has 4 rings (SSSR count). The minimum Gasteiger partial charge on any atom is -0.353 e. The van der Waals surface area contributed by atoms with E-state index in [0.29, 0.717) is 6.54 Å². The van der Waals surface area contributed by atoms with Gasteiger partial charge in [-0.1, -0.05) is 0 Å². The maximum Gasteiger partial charge on any atom is 0.267 e. The van der Waals surface area contributed by atoms with Crippen molar-refractivity contribution in [2.75, 3.05) is 37.6 Å². The van der Waals surface area contributed by atoms with Crippen LogP contribution in [0.4, 0.5) is 5.82 Å². The summed E-state index contributed by atoms with van der Waals surface area (Å²) in [5, 5.41) is 4.62. The molecule has 0 aromatic carbocycles. The van der Waals surface area contributed by atoms with E-state index in [1.54, 1.807) is 23.1 Å². The van der Waals surface area contributed by atoms with Crippen LogP contribution in [0.15, 0.2) is 23.3 Å². The Kier molecular flexibility index (Phi) is 4.97. The summed E-state index contributed by atoms with van der Waals surface area (Å²) in [6, 6.07) is 1.80. The van der Waals surface area contributed by atoms with Gasteiger partial charge in [0.2, 0.25) is 0 Å². The average molecular weight is 354 g/mol. The number of rotatable bonds is 4. The van der Waals surface area contributed by atoms with Crippen LogP contribution in [0.1, 0.15) is 29.8 Å². The third-order valence-electron chi connectivity index (χ3n) is 5.43. The molecular weight excluding hydrogens is 328 g/mol. The van der Waals surface area contributed by atoms with E-state index in [9.17, 15) is 4.79 Å². The molecule has 7 nitrogen and oxygen atoms in total. The molecule has 1 aliphatic heterocycles. The van der Waals surface area contributed by atoms with Gasteiger partial charge in [-0.3, -0.25) is 14.7 Å². The van der Waals surface area contributed by atoms with Gasteiger partial charge in [0.15, 0.2) is 0 Å². The van der Waals surface area contributed by atoms with E-state index >= 15 is 0 Å². The van der Waals surface area contributed by atoms with Crippen molar-refractivity contribution in [3.8, 4) is 0 Å². The number of fused-ring (bicyclic) bond motifs is 1. The topological polar surface area (TPSA) is 67.2 Å². The molecule has 1 fully saturated rings. The Morgan fingerprint density at radius 1 is 1.00 bits per heavy atom. The summed E-state index contributed by atoms with van der Waals surface area (Å²) in [5.41, 5.74) is 3.30. The van der Waals surface area contributed by atoms with Gasteiger partial charge in [0, 0.05) is 51.2 Å². The molecule has 138 valence electrons. The number of hydrogen-bond donors (Lipinski definition) is 0. The van der Waals surface area contributed by atoms with Crippen molar-refractivity contribution in [1.29, 1.82) is 0 Å². The first kappa shape index (κ1) is 17.1. The summed E-state index contributed by atoms with van der Waals surface area (Å²) in [5.74, 6) is 0.986. The normalized spacial score (nSPS) is 18.0. The summed E-state index contributed by atoms with van der Waals surface area (Å²) < 4.78 is 1.66. The molecule has 1 saturated heterocycles. The highest BCUT2D eigenvalue weighted by Crippen LogP contribution is 2.17. The first-order chi connectivity index (χ1) is 12.7. The van der Waals surface area contributed by atoms with Crippen LogP contribution in [-0.2, 0) is 19.4 Å². The fraction of sp³-hybridized carbons (Fsp3) is 0.579. The number of aromatic nitrogens is 4. The van der Waals surface area contributed by atoms with Crippen LogP contribution in [-0.4, -0.2) is 57.4 Å². The Hall–Kier alpha value is -2.28. The fourth-order valence-electron chi connectivity index (χ4n) is 3.89. The predicted molar refractivity (Wildman–Crippen MR) is 101 cm³/mol. The average Bonchev–Trinajstić information content (AvgIpc) is 2.67. The molecule has 1 aliphatic carbocycles. The van der Waals surface area contributed by atoms with Gasteiger partial charge in [0.05, 0.1) is 17.9 Å². The maximum absolute atomic E-state index is 12.3. The zero-order valence-corrected chi connectivity index (χ0v) is 15.4. The van der Waals surface area contributed by atoms with E-state index in [2.05, 4.69) is 24.9 Å². The number of nitrogens with zero attached hydrogens (tertiary/aromatic N) is 6. The van der Waals surface area contributed by atoms with Gasteiger partial charge in [-0.25, -0.2) is 9.67 Å². The van der Waals surface area contributed by atoms with Gasteiger partial charge in [-0.05, 0) is 38.2 Å². The SMILES string of the molecule is Cc1nccnc1N1CCN(CCn2nc3c(cc2=O)CCCC3)CC1. The van der Waals surface area contributed by atoms with Gasteiger partial charge in [0.1, 0.15) is 5.82 Å². The van der Waals surface area contributed by atoms with Crippen LogP contribution in [0.5, 0.6) is 0 Å². The lowest BCUT2D eigenvalue weighted by Crippen LogP contribution is -2.48. The first-order valence-electron chi connectivity index (χ1n) is 9.55. The van der Waals surface area contributed by atoms with Crippen molar-refractivity contribution in [1.82, 2.24) is 24.6 Å². The van der Waals surface area contributed by atoms with E-state index in [0.717, 1.165) is 68.3 Å². The van der Waals surface area contributed by atoms with Gasteiger partial charge < -0.3 is 4.90 Å². The lowest BCUT2D eigenvalue weighted by atomic mass is 9.97. The molecule has 3 heterocycles. The summed E-state index contributed by atoms with van der Waals surface area (Å²) in [6.07, 6.45) is 7.85. The van der Waals surface area contributed by atoms with Crippen LogP contribution < -0.4 is 10.5 Å². The highest BCUT2D eigenvalue weighted by molar-refractivity contribution is 5.42. The zero-order valence-electron chi connectivity index (χ0n) is 15.4. The summed E-state index contributed by atoms with van der Waals surface area (Å²) in [4.78, 5) is 25.8. The third-order valence-corrected chi connectivity index (χ3v) is 5.43. The lowest BCUT2D eigenvalue weighted by molar-refractivity contribution is 0.241. The highest BCUT2D eigenvalue weighted by atomic mass is 16.1. The standard InChI is InChI=1S/C19H26N6O/c1-15-19(21-7-6-20-15)24-11-8-23(9-12-24)10-13-25-18(26)14-16-4-2-3-5-17(16)22-25/h6-7,14H,2-5,8-13H2,1H3. The molecule has 0 spiro atoms. The van der Waals surface area contributed by atoms with Gasteiger partial charge in [0.25, 0.3) is 5.56 Å². The highest BCUT2D eigenvalue weighted by Gasteiger charge is 2.20. The molecule has 0 radical (unpaired) electrons. The third kappa shape index (κ3) is 3.62. The van der Waals surface area contributed by atoms with Gasteiger partial charge in [-0.2, -0.15) is 5.10 Å². The molecule has 7 heteroatoms. The smallest absolute Gasteiger partial charge is 0.267 e. The molecule has 0 amide bonds. The fourth-order valence-corrected chi connectivity index (χ4v) is 3.89. The van der Waals surface area contributed by atoms with Crippen molar-refractivity contribution >= 4 is 5.82 Å². The zero-order chi connectivity index (χ0) is 17.9. The Labute approximate surface area is 153 Å². The lowest BCUT2D eigenvalue weighted by Gasteiger charge is -2.35. The second kappa shape index (κ2) is 7.53. The first-order valence-corrected chi connectivity index (χ1v) is 9.55. The van der Waals surface area contributed by atoms with Crippen molar-refractivity contribution in [2.24, 2.45) is 0 Å². The molecule has 0 unspecified atom stereocenters. The van der Waals surface area contributed by atoms with Crippen LogP contribution in [0, 0.1) is 6.92 Å². The number of hydrogen-bond acceptors (Lipinski definition) is 6. The minimum absolute atomic E-state index is 0.0412. The largest absolute Gasteiger partial charge is 0.353 e. The van der Waals surface area contributed by atoms with Crippen molar-refractivity contribution in [3.63, 3.8) is 0 Å². The molecule has 2 aliphatic rings. The quantitative estimate of drug-likeness (QED) is 0.817. The molecule has 0 bridgehead atoms. The van der Waals surface area contributed by atoms with Crippen LogP contribution in [0.25, 0.3) is 0 Å².